The molecule has 0 aliphatic heterocycles. The van der Waals surface area contributed by atoms with Gasteiger partial charge in [0.15, 0.2) is 17.2 Å². The van der Waals surface area contributed by atoms with Gasteiger partial charge in [-0.1, -0.05) is 29.3 Å². The molecule has 0 unspecified atom stereocenters. The van der Waals surface area contributed by atoms with Gasteiger partial charge in [0.1, 0.15) is 0 Å². The molecule has 33 heavy (non-hydrogen) atoms. The zero-order chi connectivity index (χ0) is 23.1. The normalized spacial score (nSPS) is 11.3. The standard InChI is InChI=1S/C22H18Cl2N8O/c1-13-14(11-26-30(13)2)19-6-8-25-21-10-18(28-32(19)21)22(33)27-20-7-9-31(29-20)12-15-16(23)4-3-5-17(15)24/h3-11H,12H2,1-2H3,(H,27,29,33). The van der Waals surface area contributed by atoms with Crippen molar-refractivity contribution in [3.05, 3.63) is 82.0 Å². The third-order valence-electron chi connectivity index (χ3n) is 5.37. The first-order valence-electron chi connectivity index (χ1n) is 10.0. The average Bonchev–Trinajstić information content (AvgIpc) is 3.50. The second-order valence-electron chi connectivity index (χ2n) is 7.45. The van der Waals surface area contributed by atoms with Gasteiger partial charge in [0.25, 0.3) is 5.91 Å². The van der Waals surface area contributed by atoms with Crippen molar-refractivity contribution in [3.63, 3.8) is 0 Å². The molecular weight excluding hydrogens is 463 g/mol. The molecule has 0 radical (unpaired) electrons. The van der Waals surface area contributed by atoms with Crippen LogP contribution in [-0.2, 0) is 13.6 Å². The molecule has 0 fully saturated rings. The second-order valence-corrected chi connectivity index (χ2v) is 8.26. The molecule has 1 aromatic carbocycles. The molecule has 0 spiro atoms. The van der Waals surface area contributed by atoms with E-state index in [0.29, 0.717) is 28.1 Å². The van der Waals surface area contributed by atoms with Gasteiger partial charge in [0, 0.05) is 58.4 Å². The first kappa shape index (κ1) is 21.2. The minimum atomic E-state index is -0.393. The predicted octanol–water partition coefficient (Wildman–Crippen LogP) is 4.24. The summed E-state index contributed by atoms with van der Waals surface area (Å²) in [6, 6.07) is 10.5. The highest BCUT2D eigenvalue weighted by Crippen LogP contribution is 2.25. The van der Waals surface area contributed by atoms with E-state index in [0.717, 1.165) is 22.5 Å². The van der Waals surface area contributed by atoms with Gasteiger partial charge in [-0.15, -0.1) is 0 Å². The van der Waals surface area contributed by atoms with E-state index in [1.807, 2.05) is 20.0 Å². The van der Waals surface area contributed by atoms with Crippen LogP contribution in [-0.4, -0.2) is 40.1 Å². The molecule has 0 bridgehead atoms. The number of hydrogen-bond acceptors (Lipinski definition) is 5. The molecule has 0 aliphatic rings. The summed E-state index contributed by atoms with van der Waals surface area (Å²) >= 11 is 12.5. The highest BCUT2D eigenvalue weighted by molar-refractivity contribution is 6.35. The van der Waals surface area contributed by atoms with E-state index in [-0.39, 0.29) is 5.69 Å². The number of hydrogen-bond donors (Lipinski definition) is 1. The van der Waals surface area contributed by atoms with Crippen LogP contribution < -0.4 is 5.32 Å². The van der Waals surface area contributed by atoms with E-state index in [4.69, 9.17) is 23.2 Å². The fourth-order valence-corrected chi connectivity index (χ4v) is 4.02. The summed E-state index contributed by atoms with van der Waals surface area (Å²) in [6.07, 6.45) is 5.19. The van der Waals surface area contributed by atoms with Crippen LogP contribution in [0, 0.1) is 6.92 Å². The first-order valence-corrected chi connectivity index (χ1v) is 10.8. The topological polar surface area (TPSA) is 94.9 Å². The largest absolute Gasteiger partial charge is 0.304 e. The zero-order valence-corrected chi connectivity index (χ0v) is 19.2. The number of aryl methyl sites for hydroxylation is 1. The van der Waals surface area contributed by atoms with Gasteiger partial charge in [-0.2, -0.15) is 15.3 Å². The number of carbonyl (C=O) groups excluding carboxylic acids is 1. The zero-order valence-electron chi connectivity index (χ0n) is 17.7. The third-order valence-corrected chi connectivity index (χ3v) is 6.07. The molecule has 4 heterocycles. The number of nitrogens with zero attached hydrogens (tertiary/aromatic N) is 7. The Labute approximate surface area is 198 Å². The van der Waals surface area contributed by atoms with Crippen molar-refractivity contribution in [2.45, 2.75) is 13.5 Å². The lowest BCUT2D eigenvalue weighted by Gasteiger charge is -2.06. The van der Waals surface area contributed by atoms with Crippen LogP contribution in [0.1, 0.15) is 21.7 Å². The summed E-state index contributed by atoms with van der Waals surface area (Å²) in [6.45, 7) is 2.35. The Balaban J connectivity index is 1.38. The number of fused-ring (bicyclic) bond motifs is 1. The van der Waals surface area contributed by atoms with Crippen molar-refractivity contribution in [1.29, 1.82) is 0 Å². The maximum absolute atomic E-state index is 12.9. The predicted molar refractivity (Wildman–Crippen MR) is 126 cm³/mol. The smallest absolute Gasteiger partial charge is 0.277 e. The van der Waals surface area contributed by atoms with Crippen LogP contribution in [0.2, 0.25) is 10.0 Å². The lowest BCUT2D eigenvalue weighted by Crippen LogP contribution is -2.14. The van der Waals surface area contributed by atoms with Crippen LogP contribution in [0.5, 0.6) is 0 Å². The minimum Gasteiger partial charge on any atom is -0.304 e. The molecule has 9 nitrogen and oxygen atoms in total. The lowest BCUT2D eigenvalue weighted by atomic mass is 10.2. The van der Waals surface area contributed by atoms with Gasteiger partial charge in [0.05, 0.1) is 18.4 Å². The molecule has 0 saturated heterocycles. The van der Waals surface area contributed by atoms with Crippen LogP contribution in [0.15, 0.2) is 55.0 Å². The van der Waals surface area contributed by atoms with Crippen LogP contribution in [0.3, 0.4) is 0 Å². The van der Waals surface area contributed by atoms with E-state index < -0.39 is 5.91 Å². The van der Waals surface area contributed by atoms with E-state index in [9.17, 15) is 4.79 Å². The molecule has 0 atom stereocenters. The van der Waals surface area contributed by atoms with Gasteiger partial charge >= 0.3 is 0 Å². The molecule has 5 aromatic rings. The number of benzene rings is 1. The Hall–Kier alpha value is -3.69. The van der Waals surface area contributed by atoms with Crippen molar-refractivity contribution < 1.29 is 4.79 Å². The van der Waals surface area contributed by atoms with Crippen molar-refractivity contribution in [1.82, 2.24) is 34.2 Å². The van der Waals surface area contributed by atoms with E-state index in [1.54, 1.807) is 62.8 Å². The van der Waals surface area contributed by atoms with Gasteiger partial charge in [-0.25, -0.2) is 9.50 Å². The van der Waals surface area contributed by atoms with Gasteiger partial charge in [0.2, 0.25) is 0 Å². The van der Waals surface area contributed by atoms with Crippen molar-refractivity contribution in [3.8, 4) is 11.3 Å². The van der Waals surface area contributed by atoms with Gasteiger partial charge < -0.3 is 5.32 Å². The van der Waals surface area contributed by atoms with E-state index in [1.165, 1.54) is 0 Å². The number of aromatic nitrogens is 7. The molecule has 0 aliphatic carbocycles. The van der Waals surface area contributed by atoms with Crippen LogP contribution in [0.4, 0.5) is 5.82 Å². The molecule has 166 valence electrons. The van der Waals surface area contributed by atoms with Gasteiger partial charge in [-0.05, 0) is 25.1 Å². The SMILES string of the molecule is Cc1c(-c2ccnc3cc(C(=O)Nc4ccn(Cc5c(Cl)cccc5Cl)n4)nn23)cnn1C. The summed E-state index contributed by atoms with van der Waals surface area (Å²) in [7, 11) is 1.87. The van der Waals surface area contributed by atoms with E-state index >= 15 is 0 Å². The Bertz CT molecular complexity index is 1480. The number of rotatable bonds is 5. The molecule has 1 amide bonds. The summed E-state index contributed by atoms with van der Waals surface area (Å²) in [5.41, 5.74) is 4.22. The van der Waals surface area contributed by atoms with Crippen molar-refractivity contribution in [2.75, 3.05) is 5.32 Å². The minimum absolute atomic E-state index is 0.222. The molecule has 0 saturated carbocycles. The molecule has 1 N–H and O–H groups in total. The second kappa shape index (κ2) is 8.34. The van der Waals surface area contributed by atoms with Gasteiger partial charge in [-0.3, -0.25) is 14.2 Å². The van der Waals surface area contributed by atoms with E-state index in [2.05, 4.69) is 25.6 Å². The summed E-state index contributed by atoms with van der Waals surface area (Å²) < 4.78 is 5.07. The molecular formula is C22H18Cl2N8O. The Morgan fingerprint density at radius 1 is 1.12 bits per heavy atom. The van der Waals surface area contributed by atoms with Crippen molar-refractivity contribution in [2.24, 2.45) is 7.05 Å². The summed E-state index contributed by atoms with van der Waals surface area (Å²) in [4.78, 5) is 17.2. The Morgan fingerprint density at radius 3 is 2.64 bits per heavy atom. The number of nitrogens with one attached hydrogen (secondary N) is 1. The summed E-state index contributed by atoms with van der Waals surface area (Å²) in [5.74, 6) is -0.00750. The summed E-state index contributed by atoms with van der Waals surface area (Å²) in [5, 5.41) is 17.0. The molecule has 4 aromatic heterocycles. The van der Waals surface area contributed by atoms with Crippen LogP contribution >= 0.6 is 23.2 Å². The fraction of sp³-hybridized carbons (Fsp3) is 0.136. The molecule has 11 heteroatoms. The number of halogens is 2. The number of anilines is 1. The monoisotopic (exact) mass is 480 g/mol. The third kappa shape index (κ3) is 3.96. The Kier molecular flexibility index (Phi) is 5.35. The number of carbonyl (C=O) groups is 1. The lowest BCUT2D eigenvalue weighted by molar-refractivity contribution is 0.102. The maximum atomic E-state index is 12.9. The first-order chi connectivity index (χ1) is 15.9. The van der Waals surface area contributed by atoms with Crippen LogP contribution in [0.25, 0.3) is 16.9 Å². The number of amides is 1. The maximum Gasteiger partial charge on any atom is 0.277 e. The molecule has 5 rings (SSSR count). The quantitative estimate of drug-likeness (QED) is 0.405. The average molecular weight is 481 g/mol. The highest BCUT2D eigenvalue weighted by atomic mass is 35.5. The fourth-order valence-electron chi connectivity index (χ4n) is 3.50. The Morgan fingerprint density at radius 2 is 1.91 bits per heavy atom. The van der Waals surface area contributed by atoms with Crippen molar-refractivity contribution >= 4 is 40.6 Å². The highest BCUT2D eigenvalue weighted by Gasteiger charge is 2.17.